The van der Waals surface area contributed by atoms with Gasteiger partial charge in [-0.1, -0.05) is 123 Å². The second-order valence-corrected chi connectivity index (χ2v) is 29.6. The highest BCUT2D eigenvalue weighted by Gasteiger charge is 2.43. The number of ketones is 1. The van der Waals surface area contributed by atoms with Gasteiger partial charge in [0.05, 0.1) is 12.5 Å². The first-order chi connectivity index (χ1) is 54.0. The van der Waals surface area contributed by atoms with E-state index in [0.29, 0.717) is 52.8 Å². The van der Waals surface area contributed by atoms with E-state index in [-0.39, 0.29) is 108 Å². The van der Waals surface area contributed by atoms with Gasteiger partial charge in [-0.05, 0) is 138 Å². The molecule has 4 aromatic rings. The molecule has 0 saturated carbocycles. The topological polar surface area (TPSA) is 537 Å². The molecular formula is C79H110N18O15S. The van der Waals surface area contributed by atoms with Crippen LogP contribution in [0.5, 0.6) is 0 Å². The standard InChI is InChI=1S/C79H110N18O15S/c1-47(2)42-59(73(107)89-54(68(83)102)36-41-113-4)88-66(100)46-87-70(104)60(43-49-20-8-5-9-21-49)94-74(108)61(44-50-22-10-6-11-23-50)95-72(106)55(32-34-64(81)98)90-71(105)56(33-35-65(82)99)91-75(109)62-30-18-39-96(62)77(111)57(28-14-15-37-80)93-76(110)63-31-19-40-97(63)78(112)58(29-17-38-86-79(84)85)92-69(103)48(3)52-26-16-27-53(45-52)67(101)51-24-12-7-13-25-51/h5-13,16,20-27,45,47-48,54-63H,14-15,17-19,28-44,46,80H2,1-4H3,(H2,81,98)(H2,82,99)(H2,83,102)(H,87,104)(H,88,100)(H,89,107)(H,90,105)(H,91,109)(H,92,103)(H,93,110)(H,94,108)(H,95,106)(H4,84,85,86)/t48?,54-,55-,56-,57-,58-,59-,60-,61-,62-,63-/m0/s1. The Morgan fingerprint density at radius 1 is 0.478 bits per heavy atom. The predicted molar refractivity (Wildman–Crippen MR) is 424 cm³/mol. The van der Waals surface area contributed by atoms with Gasteiger partial charge >= 0.3 is 0 Å². The normalized spacial score (nSPS) is 16.2. The van der Waals surface area contributed by atoms with Gasteiger partial charge in [0.25, 0.3) is 0 Å². The molecule has 2 aliphatic rings. The van der Waals surface area contributed by atoms with E-state index in [2.05, 4.69) is 53.2 Å². The minimum Gasteiger partial charge on any atom is -0.370 e. The Morgan fingerprint density at radius 2 is 0.938 bits per heavy atom. The highest BCUT2D eigenvalue weighted by atomic mass is 32.2. The van der Waals surface area contributed by atoms with Crippen molar-refractivity contribution >= 4 is 106 Å². The van der Waals surface area contributed by atoms with Crippen molar-refractivity contribution in [2.24, 2.45) is 34.6 Å². The van der Waals surface area contributed by atoms with Gasteiger partial charge in [0.2, 0.25) is 82.7 Å². The molecular weight excluding hydrogens is 1470 g/mol. The Morgan fingerprint density at radius 3 is 1.45 bits per heavy atom. The van der Waals surface area contributed by atoms with Gasteiger partial charge in [-0.2, -0.15) is 11.8 Å². The molecule has 113 heavy (non-hydrogen) atoms. The zero-order valence-electron chi connectivity index (χ0n) is 64.5. The van der Waals surface area contributed by atoms with Crippen molar-refractivity contribution in [1.29, 1.82) is 5.41 Å². The molecule has 6 rings (SSSR count). The molecule has 0 bridgehead atoms. The molecule has 2 aliphatic heterocycles. The second kappa shape index (κ2) is 46.5. The van der Waals surface area contributed by atoms with Gasteiger partial charge < -0.3 is 91.6 Å². The molecule has 21 N–H and O–H groups in total. The maximum absolute atomic E-state index is 15.0. The zero-order chi connectivity index (χ0) is 82.7. The number of hydrogen-bond donors (Lipinski definition) is 16. The van der Waals surface area contributed by atoms with Crippen LogP contribution in [-0.4, -0.2) is 209 Å². The minimum absolute atomic E-state index is 0.0153. The number of primary amides is 3. The van der Waals surface area contributed by atoms with E-state index in [1.807, 2.05) is 20.1 Å². The number of amides is 14. The smallest absolute Gasteiger partial charge is 0.245 e. The minimum atomic E-state index is -1.68. The Balaban J connectivity index is 1.18. The predicted octanol–water partition coefficient (Wildman–Crippen LogP) is -0.309. The quantitative estimate of drug-likeness (QED) is 0.0117. The van der Waals surface area contributed by atoms with Crippen molar-refractivity contribution in [2.75, 3.05) is 44.7 Å². The summed E-state index contributed by atoms with van der Waals surface area (Å²) < 4.78 is 0. The van der Waals surface area contributed by atoms with Crippen LogP contribution in [0, 0.1) is 11.3 Å². The SMILES string of the molecule is CSCC[C@H](NC(=O)[C@H](CC(C)C)NC(=O)CNC(=O)[C@H](Cc1ccccc1)NC(=O)[C@H](Cc1ccccc1)NC(=O)[C@H](CCC(N)=O)NC(=O)[C@H](CCC(N)=O)NC(=O)[C@@H]1CCCN1C(=O)[C@H](CCCCN)NC(=O)[C@@H]1CCCN1C(=O)[C@H](CCCNC(=N)N)NC(=O)C(C)c1cccc(C(=O)c2ccccc2)c1)C(N)=O. The molecule has 2 heterocycles. The lowest BCUT2D eigenvalue weighted by atomic mass is 9.94. The number of carbonyl (C=O) groups is 15. The molecule has 4 aromatic carbocycles. The monoisotopic (exact) mass is 1580 g/mol. The van der Waals surface area contributed by atoms with Crippen LogP contribution in [0.4, 0.5) is 0 Å². The van der Waals surface area contributed by atoms with E-state index >= 15 is 0 Å². The lowest BCUT2D eigenvalue weighted by Gasteiger charge is -2.32. The Bertz CT molecular complexity index is 3950. The van der Waals surface area contributed by atoms with Crippen LogP contribution < -0.4 is 81.8 Å². The van der Waals surface area contributed by atoms with Gasteiger partial charge in [0.1, 0.15) is 60.4 Å². The lowest BCUT2D eigenvalue weighted by molar-refractivity contribution is -0.145. The van der Waals surface area contributed by atoms with Gasteiger partial charge in [-0.25, -0.2) is 0 Å². The number of hydrogen-bond acceptors (Lipinski definition) is 18. The van der Waals surface area contributed by atoms with Crippen LogP contribution in [0.25, 0.3) is 0 Å². The van der Waals surface area contributed by atoms with Crippen molar-refractivity contribution in [3.8, 4) is 0 Å². The molecule has 0 spiro atoms. The molecule has 34 heteroatoms. The van der Waals surface area contributed by atoms with Gasteiger partial charge in [0.15, 0.2) is 11.7 Å². The molecule has 0 radical (unpaired) electrons. The highest BCUT2D eigenvalue weighted by molar-refractivity contribution is 7.98. The third kappa shape index (κ3) is 29.7. The van der Waals surface area contributed by atoms with Crippen molar-refractivity contribution in [2.45, 2.75) is 196 Å². The number of unbranched alkanes of at least 4 members (excludes halogenated alkanes) is 1. The number of thioether (sulfide) groups is 1. The number of nitrogens with one attached hydrogen (secondary N) is 11. The molecule has 14 amide bonds. The molecule has 33 nitrogen and oxygen atoms in total. The molecule has 0 aromatic heterocycles. The van der Waals surface area contributed by atoms with Gasteiger partial charge in [-0.15, -0.1) is 0 Å². The van der Waals surface area contributed by atoms with E-state index in [0.717, 1.165) is 0 Å². The molecule has 1 unspecified atom stereocenters. The summed E-state index contributed by atoms with van der Waals surface area (Å²) in [6.07, 6.45) is 2.05. The number of nitrogens with two attached hydrogens (primary N) is 5. The van der Waals surface area contributed by atoms with E-state index in [4.69, 9.17) is 34.1 Å². The fourth-order valence-corrected chi connectivity index (χ4v) is 13.8. The Hall–Kier alpha value is -11.3. The number of guanidine groups is 1. The Labute approximate surface area is 662 Å². The average Bonchev–Trinajstić information content (AvgIpc) is 1.73. The summed E-state index contributed by atoms with van der Waals surface area (Å²) in [5.74, 6) is -12.2. The maximum atomic E-state index is 15.0. The van der Waals surface area contributed by atoms with E-state index < -0.39 is 181 Å². The Kier molecular flexibility index (Phi) is 37.3. The summed E-state index contributed by atoms with van der Waals surface area (Å²) in [5.41, 5.74) is 30.6. The molecule has 612 valence electrons. The van der Waals surface area contributed by atoms with Gasteiger partial charge in [-0.3, -0.25) is 77.3 Å². The zero-order valence-corrected chi connectivity index (χ0v) is 65.3. The summed E-state index contributed by atoms with van der Waals surface area (Å²) in [7, 11) is 0. The number of rotatable bonds is 47. The number of likely N-dealkylation sites (tertiary alicyclic amines) is 2. The van der Waals surface area contributed by atoms with Crippen LogP contribution in [0.2, 0.25) is 0 Å². The van der Waals surface area contributed by atoms with Crippen molar-refractivity contribution in [1.82, 2.24) is 63.0 Å². The highest BCUT2D eigenvalue weighted by Crippen LogP contribution is 2.26. The number of benzene rings is 4. The second-order valence-electron chi connectivity index (χ2n) is 28.7. The summed E-state index contributed by atoms with van der Waals surface area (Å²) in [6, 6.07) is 18.9. The maximum Gasteiger partial charge on any atom is 0.245 e. The summed E-state index contributed by atoms with van der Waals surface area (Å²) in [6.45, 7) is 5.14. The average molecular weight is 1580 g/mol. The largest absolute Gasteiger partial charge is 0.370 e. The number of carbonyl (C=O) groups excluding carboxylic acids is 15. The third-order valence-corrected chi connectivity index (χ3v) is 20.1. The first-order valence-electron chi connectivity index (χ1n) is 38.2. The fourth-order valence-electron chi connectivity index (χ4n) is 13.3. The fraction of sp³-hybridized carbons (Fsp3) is 0.494. The van der Waals surface area contributed by atoms with Crippen LogP contribution in [0.1, 0.15) is 156 Å². The van der Waals surface area contributed by atoms with Crippen LogP contribution >= 0.6 is 11.8 Å². The molecule has 11 atom stereocenters. The van der Waals surface area contributed by atoms with Crippen LogP contribution in [0.15, 0.2) is 115 Å². The lowest BCUT2D eigenvalue weighted by Crippen LogP contribution is -2.60. The number of nitrogens with zero attached hydrogens (tertiary/aromatic N) is 2. The van der Waals surface area contributed by atoms with Crippen LogP contribution in [-0.2, 0) is 80.0 Å². The van der Waals surface area contributed by atoms with Gasteiger partial charge in [0, 0.05) is 56.4 Å². The van der Waals surface area contributed by atoms with E-state index in [1.54, 1.807) is 122 Å². The summed E-state index contributed by atoms with van der Waals surface area (Å²) >= 11 is 1.45. The summed E-state index contributed by atoms with van der Waals surface area (Å²) in [4.78, 5) is 212. The third-order valence-electron chi connectivity index (χ3n) is 19.4. The van der Waals surface area contributed by atoms with Crippen molar-refractivity contribution in [3.05, 3.63) is 143 Å². The van der Waals surface area contributed by atoms with Crippen molar-refractivity contribution in [3.63, 3.8) is 0 Å². The molecule has 2 fully saturated rings. The first-order valence-corrected chi connectivity index (χ1v) is 39.6. The van der Waals surface area contributed by atoms with E-state index in [1.165, 1.54) is 21.6 Å². The first kappa shape index (κ1) is 90.6. The molecule has 0 aliphatic carbocycles. The molecule has 2 saturated heterocycles. The van der Waals surface area contributed by atoms with Crippen LogP contribution in [0.3, 0.4) is 0 Å². The summed E-state index contributed by atoms with van der Waals surface area (Å²) in [5, 5.41) is 34.4. The van der Waals surface area contributed by atoms with Crippen molar-refractivity contribution < 1.29 is 71.9 Å². The van der Waals surface area contributed by atoms with E-state index in [9.17, 15) is 71.9 Å².